The summed E-state index contributed by atoms with van der Waals surface area (Å²) in [6.45, 7) is 0. The smallest absolute Gasteiger partial charge is 0.165 e. The molecule has 0 unspecified atom stereocenters. The molecule has 1 aliphatic rings. The van der Waals surface area contributed by atoms with Gasteiger partial charge in [-0.15, -0.1) is 0 Å². The first kappa shape index (κ1) is 12.1. The molecule has 0 bridgehead atoms. The number of rotatable bonds is 3. The number of Topliss-reactive ketones (excluding diaryl/α,β-unsaturated/α-hetero) is 1. The van der Waals surface area contributed by atoms with E-state index in [2.05, 4.69) is 0 Å². The normalized spacial score (nSPS) is 17.0. The zero-order chi connectivity index (χ0) is 12.3. The zero-order valence-corrected chi connectivity index (χ0v) is 9.92. The van der Waals surface area contributed by atoms with Crippen LogP contribution in [0.15, 0.2) is 18.2 Å². The number of hydrogen-bond donors (Lipinski definition) is 1. The van der Waals surface area contributed by atoms with Gasteiger partial charge in [-0.3, -0.25) is 4.79 Å². The molecule has 2 rings (SSSR count). The number of nitrogen functional groups attached to an aromatic ring is 1. The molecule has 0 aromatic heterocycles. The van der Waals surface area contributed by atoms with E-state index in [9.17, 15) is 9.18 Å². The maximum Gasteiger partial charge on any atom is 0.165 e. The highest BCUT2D eigenvalue weighted by molar-refractivity contribution is 6.00. The van der Waals surface area contributed by atoms with Crippen LogP contribution in [0.4, 0.5) is 10.1 Å². The van der Waals surface area contributed by atoms with E-state index in [1.54, 1.807) is 12.1 Å². The van der Waals surface area contributed by atoms with E-state index in [1.807, 2.05) is 0 Å². The summed E-state index contributed by atoms with van der Waals surface area (Å²) in [6, 6.07) is 4.44. The number of ketones is 1. The molecule has 3 heteroatoms. The van der Waals surface area contributed by atoms with Crippen LogP contribution in [-0.2, 0) is 0 Å². The van der Waals surface area contributed by atoms with Crippen molar-refractivity contribution in [3.05, 3.63) is 29.6 Å². The van der Waals surface area contributed by atoms with Gasteiger partial charge in [-0.05, 0) is 18.1 Å². The first-order chi connectivity index (χ1) is 8.18. The number of halogens is 1. The lowest BCUT2D eigenvalue weighted by atomic mass is 9.84. The van der Waals surface area contributed by atoms with Gasteiger partial charge < -0.3 is 5.73 Å². The highest BCUT2D eigenvalue weighted by atomic mass is 19.1. The van der Waals surface area contributed by atoms with Crippen molar-refractivity contribution in [3.63, 3.8) is 0 Å². The van der Waals surface area contributed by atoms with Crippen molar-refractivity contribution in [1.29, 1.82) is 0 Å². The SMILES string of the molecule is Nc1c(F)cccc1C(=O)CC1CCCCC1. The highest BCUT2D eigenvalue weighted by Gasteiger charge is 2.20. The maximum absolute atomic E-state index is 13.2. The monoisotopic (exact) mass is 235 g/mol. The maximum atomic E-state index is 13.2. The predicted octanol–water partition coefficient (Wildman–Crippen LogP) is 3.56. The third-order valence-corrected chi connectivity index (χ3v) is 3.55. The summed E-state index contributed by atoms with van der Waals surface area (Å²) in [5.74, 6) is -0.0627. The first-order valence-corrected chi connectivity index (χ1v) is 6.25. The molecule has 1 aromatic rings. The number of hydrogen-bond acceptors (Lipinski definition) is 2. The third-order valence-electron chi connectivity index (χ3n) is 3.55. The van der Waals surface area contributed by atoms with Crippen molar-refractivity contribution >= 4 is 11.5 Å². The minimum atomic E-state index is -0.500. The van der Waals surface area contributed by atoms with Crippen LogP contribution in [-0.4, -0.2) is 5.78 Å². The number of benzene rings is 1. The topological polar surface area (TPSA) is 43.1 Å². The summed E-state index contributed by atoms with van der Waals surface area (Å²) in [4.78, 5) is 12.0. The number of carbonyl (C=O) groups is 1. The van der Waals surface area contributed by atoms with Crippen LogP contribution >= 0.6 is 0 Å². The lowest BCUT2D eigenvalue weighted by Crippen LogP contribution is -2.14. The quantitative estimate of drug-likeness (QED) is 0.643. The molecule has 92 valence electrons. The molecule has 0 saturated heterocycles. The molecule has 0 spiro atoms. The van der Waals surface area contributed by atoms with E-state index in [0.29, 0.717) is 17.9 Å². The molecule has 2 N–H and O–H groups in total. The van der Waals surface area contributed by atoms with E-state index in [0.717, 1.165) is 12.8 Å². The van der Waals surface area contributed by atoms with Gasteiger partial charge in [0.05, 0.1) is 5.69 Å². The lowest BCUT2D eigenvalue weighted by molar-refractivity contribution is 0.0951. The van der Waals surface area contributed by atoms with Gasteiger partial charge in [0.15, 0.2) is 5.78 Å². The Bertz CT molecular complexity index is 411. The van der Waals surface area contributed by atoms with Crippen LogP contribution < -0.4 is 5.73 Å². The molecular weight excluding hydrogens is 217 g/mol. The van der Waals surface area contributed by atoms with Crippen molar-refractivity contribution in [2.45, 2.75) is 38.5 Å². The molecule has 0 amide bonds. The molecule has 0 radical (unpaired) electrons. The molecule has 0 aliphatic heterocycles. The van der Waals surface area contributed by atoms with Gasteiger partial charge in [-0.25, -0.2) is 4.39 Å². The Morgan fingerprint density at radius 2 is 2.00 bits per heavy atom. The molecule has 1 aromatic carbocycles. The van der Waals surface area contributed by atoms with E-state index >= 15 is 0 Å². The molecular formula is C14H18FNO. The van der Waals surface area contributed by atoms with Crippen LogP contribution in [0.5, 0.6) is 0 Å². The molecule has 1 aliphatic carbocycles. The summed E-state index contributed by atoms with van der Waals surface area (Å²) in [5, 5.41) is 0. The van der Waals surface area contributed by atoms with E-state index in [-0.39, 0.29) is 11.5 Å². The van der Waals surface area contributed by atoms with Gasteiger partial charge in [0.2, 0.25) is 0 Å². The molecule has 0 heterocycles. The molecule has 1 fully saturated rings. The summed E-state index contributed by atoms with van der Waals surface area (Å²) in [7, 11) is 0. The summed E-state index contributed by atoms with van der Waals surface area (Å²) >= 11 is 0. The van der Waals surface area contributed by atoms with Gasteiger partial charge in [0.25, 0.3) is 0 Å². The number of nitrogens with two attached hydrogens (primary N) is 1. The second kappa shape index (κ2) is 5.30. The first-order valence-electron chi connectivity index (χ1n) is 6.25. The Kier molecular flexibility index (Phi) is 3.77. The van der Waals surface area contributed by atoms with Gasteiger partial charge in [0.1, 0.15) is 5.82 Å². The molecule has 0 atom stereocenters. The minimum absolute atomic E-state index is 0.00619. The molecule has 2 nitrogen and oxygen atoms in total. The molecule has 1 saturated carbocycles. The Morgan fingerprint density at radius 1 is 1.29 bits per heavy atom. The van der Waals surface area contributed by atoms with Crippen LogP contribution in [0.25, 0.3) is 0 Å². The van der Waals surface area contributed by atoms with Gasteiger partial charge in [0, 0.05) is 12.0 Å². The van der Waals surface area contributed by atoms with Crippen molar-refractivity contribution in [2.24, 2.45) is 5.92 Å². The average Bonchev–Trinajstić information content (AvgIpc) is 2.34. The Hall–Kier alpha value is -1.38. The zero-order valence-electron chi connectivity index (χ0n) is 9.92. The van der Waals surface area contributed by atoms with Crippen LogP contribution in [0, 0.1) is 11.7 Å². The fraction of sp³-hybridized carbons (Fsp3) is 0.500. The lowest BCUT2D eigenvalue weighted by Gasteiger charge is -2.20. The Balaban J connectivity index is 2.06. The fourth-order valence-electron chi connectivity index (χ4n) is 2.54. The summed E-state index contributed by atoms with van der Waals surface area (Å²) in [5.41, 5.74) is 5.93. The third kappa shape index (κ3) is 2.84. The van der Waals surface area contributed by atoms with Gasteiger partial charge in [-0.1, -0.05) is 38.2 Å². The number of anilines is 1. The van der Waals surface area contributed by atoms with Crippen LogP contribution in [0.3, 0.4) is 0 Å². The Morgan fingerprint density at radius 3 is 2.71 bits per heavy atom. The highest BCUT2D eigenvalue weighted by Crippen LogP contribution is 2.28. The standard InChI is InChI=1S/C14H18FNO/c15-12-8-4-7-11(14(12)16)13(17)9-10-5-2-1-3-6-10/h4,7-8,10H,1-3,5-6,9,16H2. The van der Waals surface area contributed by atoms with E-state index in [1.165, 1.54) is 25.3 Å². The number of carbonyl (C=O) groups excluding carboxylic acids is 1. The second-order valence-electron chi connectivity index (χ2n) is 4.83. The van der Waals surface area contributed by atoms with Crippen molar-refractivity contribution < 1.29 is 9.18 Å². The van der Waals surface area contributed by atoms with Crippen molar-refractivity contribution in [3.8, 4) is 0 Å². The predicted molar refractivity (Wildman–Crippen MR) is 66.3 cm³/mol. The van der Waals surface area contributed by atoms with Crippen LogP contribution in [0.1, 0.15) is 48.9 Å². The van der Waals surface area contributed by atoms with Gasteiger partial charge in [-0.2, -0.15) is 0 Å². The second-order valence-corrected chi connectivity index (χ2v) is 4.83. The number of para-hydroxylation sites is 1. The summed E-state index contributed by atoms with van der Waals surface area (Å²) in [6.07, 6.45) is 6.41. The summed E-state index contributed by atoms with van der Waals surface area (Å²) < 4.78 is 13.2. The van der Waals surface area contributed by atoms with E-state index < -0.39 is 5.82 Å². The van der Waals surface area contributed by atoms with Crippen molar-refractivity contribution in [1.82, 2.24) is 0 Å². The van der Waals surface area contributed by atoms with Gasteiger partial charge >= 0.3 is 0 Å². The molecule has 17 heavy (non-hydrogen) atoms. The average molecular weight is 235 g/mol. The Labute approximate surface area is 101 Å². The fourth-order valence-corrected chi connectivity index (χ4v) is 2.54. The van der Waals surface area contributed by atoms with Crippen LogP contribution in [0.2, 0.25) is 0 Å². The van der Waals surface area contributed by atoms with Crippen molar-refractivity contribution in [2.75, 3.05) is 5.73 Å². The largest absolute Gasteiger partial charge is 0.396 e. The minimum Gasteiger partial charge on any atom is -0.396 e. The van der Waals surface area contributed by atoms with E-state index in [4.69, 9.17) is 5.73 Å².